The molecule has 1 rings (SSSR count). The highest BCUT2D eigenvalue weighted by molar-refractivity contribution is 5.29. The number of halogens is 3. The van der Waals surface area contributed by atoms with E-state index >= 15 is 0 Å². The summed E-state index contributed by atoms with van der Waals surface area (Å²) in [6.07, 6.45) is -5.63. The van der Waals surface area contributed by atoms with Crippen LogP contribution in [0.25, 0.3) is 0 Å². The molecule has 0 spiro atoms. The maximum atomic E-state index is 11.9. The highest BCUT2D eigenvalue weighted by atomic mass is 19.4. The Morgan fingerprint density at radius 1 is 1.17 bits per heavy atom. The third-order valence-corrected chi connectivity index (χ3v) is 2.59. The van der Waals surface area contributed by atoms with Gasteiger partial charge in [-0.3, -0.25) is 0 Å². The Labute approximate surface area is 103 Å². The number of nitrogens with two attached hydrogens (primary N) is 1. The van der Waals surface area contributed by atoms with Gasteiger partial charge in [0.2, 0.25) is 0 Å². The van der Waals surface area contributed by atoms with E-state index in [0.717, 1.165) is 12.1 Å². The van der Waals surface area contributed by atoms with Gasteiger partial charge in [-0.05, 0) is 23.6 Å². The molecule has 102 valence electrons. The van der Waals surface area contributed by atoms with Crippen LogP contribution in [0.5, 0.6) is 5.75 Å². The van der Waals surface area contributed by atoms with Gasteiger partial charge in [0.1, 0.15) is 5.75 Å². The van der Waals surface area contributed by atoms with Gasteiger partial charge in [-0.1, -0.05) is 26.0 Å². The molecule has 2 unspecified atom stereocenters. The van der Waals surface area contributed by atoms with Crippen molar-refractivity contribution in [2.24, 2.45) is 11.7 Å². The van der Waals surface area contributed by atoms with E-state index < -0.39 is 18.5 Å². The molecule has 0 aliphatic heterocycles. The van der Waals surface area contributed by atoms with Crippen molar-refractivity contribution in [2.45, 2.75) is 32.4 Å². The molecular formula is C12H16F3NO2. The Kier molecular flexibility index (Phi) is 4.59. The SMILES string of the molecule is CC(C)C(N)C(O)c1ccc(OC(F)(F)F)cc1. The lowest BCUT2D eigenvalue weighted by Gasteiger charge is -2.22. The predicted octanol–water partition coefficient (Wildman–Crippen LogP) is 2.60. The number of alkyl halides is 3. The van der Waals surface area contributed by atoms with Crippen LogP contribution >= 0.6 is 0 Å². The van der Waals surface area contributed by atoms with E-state index in [1.165, 1.54) is 12.1 Å². The van der Waals surface area contributed by atoms with Crippen molar-refractivity contribution in [3.63, 3.8) is 0 Å². The van der Waals surface area contributed by atoms with Crippen molar-refractivity contribution in [1.82, 2.24) is 0 Å². The van der Waals surface area contributed by atoms with Crippen molar-refractivity contribution in [1.29, 1.82) is 0 Å². The maximum absolute atomic E-state index is 11.9. The second-order valence-electron chi connectivity index (χ2n) is 4.38. The molecule has 0 bridgehead atoms. The van der Waals surface area contributed by atoms with Gasteiger partial charge in [-0.25, -0.2) is 0 Å². The fraction of sp³-hybridized carbons (Fsp3) is 0.500. The van der Waals surface area contributed by atoms with Gasteiger partial charge in [0.25, 0.3) is 0 Å². The molecule has 3 nitrogen and oxygen atoms in total. The lowest BCUT2D eigenvalue weighted by atomic mass is 9.94. The van der Waals surface area contributed by atoms with Crippen LogP contribution < -0.4 is 10.5 Å². The summed E-state index contributed by atoms with van der Waals surface area (Å²) in [5, 5.41) is 9.89. The average Bonchev–Trinajstić information content (AvgIpc) is 2.26. The Bertz CT molecular complexity index is 376. The number of rotatable bonds is 4. The maximum Gasteiger partial charge on any atom is 0.573 e. The summed E-state index contributed by atoms with van der Waals surface area (Å²) in [6.45, 7) is 3.71. The van der Waals surface area contributed by atoms with E-state index in [-0.39, 0.29) is 11.7 Å². The largest absolute Gasteiger partial charge is 0.573 e. The summed E-state index contributed by atoms with van der Waals surface area (Å²) in [6, 6.07) is 4.57. The van der Waals surface area contributed by atoms with E-state index in [0.29, 0.717) is 5.56 Å². The molecular weight excluding hydrogens is 247 g/mol. The van der Waals surface area contributed by atoms with Crippen LogP contribution in [0.2, 0.25) is 0 Å². The number of ether oxygens (including phenoxy) is 1. The molecule has 18 heavy (non-hydrogen) atoms. The van der Waals surface area contributed by atoms with Gasteiger partial charge in [-0.15, -0.1) is 13.2 Å². The third-order valence-electron chi connectivity index (χ3n) is 2.59. The quantitative estimate of drug-likeness (QED) is 0.878. The van der Waals surface area contributed by atoms with Gasteiger partial charge < -0.3 is 15.6 Å². The molecule has 0 fully saturated rings. The van der Waals surface area contributed by atoms with Crippen LogP contribution in [-0.4, -0.2) is 17.5 Å². The van der Waals surface area contributed by atoms with Gasteiger partial charge >= 0.3 is 6.36 Å². The predicted molar refractivity (Wildman–Crippen MR) is 60.9 cm³/mol. The summed E-state index contributed by atoms with van der Waals surface area (Å²) in [5.41, 5.74) is 6.23. The van der Waals surface area contributed by atoms with Crippen molar-refractivity contribution in [3.8, 4) is 5.75 Å². The standard InChI is InChI=1S/C12H16F3NO2/c1-7(2)10(16)11(17)8-3-5-9(6-4-8)18-12(13,14)15/h3-7,10-11,17H,16H2,1-2H3. The van der Waals surface area contributed by atoms with Crippen LogP contribution in [0.1, 0.15) is 25.5 Å². The zero-order valence-corrected chi connectivity index (χ0v) is 10.1. The number of hydrogen-bond donors (Lipinski definition) is 2. The molecule has 6 heteroatoms. The molecule has 0 aliphatic carbocycles. The van der Waals surface area contributed by atoms with Crippen LogP contribution in [0.15, 0.2) is 24.3 Å². The lowest BCUT2D eigenvalue weighted by molar-refractivity contribution is -0.274. The van der Waals surface area contributed by atoms with Crippen LogP contribution in [-0.2, 0) is 0 Å². The van der Waals surface area contributed by atoms with E-state index in [1.54, 1.807) is 0 Å². The molecule has 1 aromatic carbocycles. The first-order chi connectivity index (χ1) is 8.20. The molecule has 0 radical (unpaired) electrons. The number of aliphatic hydroxyl groups excluding tert-OH is 1. The van der Waals surface area contributed by atoms with E-state index in [1.807, 2.05) is 13.8 Å². The molecule has 1 aromatic rings. The molecule has 0 amide bonds. The zero-order valence-electron chi connectivity index (χ0n) is 10.1. The Balaban J connectivity index is 2.77. The first-order valence-corrected chi connectivity index (χ1v) is 5.50. The van der Waals surface area contributed by atoms with Gasteiger partial charge in [0.05, 0.1) is 6.10 Å². The number of hydrogen-bond acceptors (Lipinski definition) is 3. The van der Waals surface area contributed by atoms with Crippen LogP contribution in [0, 0.1) is 5.92 Å². The molecule has 3 N–H and O–H groups in total. The average molecular weight is 263 g/mol. The Hall–Kier alpha value is -1.27. The van der Waals surface area contributed by atoms with Crippen molar-refractivity contribution < 1.29 is 23.0 Å². The third kappa shape index (κ3) is 4.19. The Morgan fingerprint density at radius 2 is 1.67 bits per heavy atom. The monoisotopic (exact) mass is 263 g/mol. The topological polar surface area (TPSA) is 55.5 Å². The lowest BCUT2D eigenvalue weighted by Crippen LogP contribution is -2.33. The minimum absolute atomic E-state index is 0.0612. The van der Waals surface area contributed by atoms with Gasteiger partial charge in [-0.2, -0.15) is 0 Å². The summed E-state index contributed by atoms with van der Waals surface area (Å²) in [7, 11) is 0. The van der Waals surface area contributed by atoms with E-state index in [2.05, 4.69) is 4.74 Å². The number of aliphatic hydroxyl groups is 1. The molecule has 2 atom stereocenters. The Morgan fingerprint density at radius 3 is 2.06 bits per heavy atom. The first kappa shape index (κ1) is 14.8. The summed E-state index contributed by atoms with van der Waals surface area (Å²) in [4.78, 5) is 0. The van der Waals surface area contributed by atoms with E-state index in [9.17, 15) is 18.3 Å². The minimum Gasteiger partial charge on any atom is -0.406 e. The summed E-state index contributed by atoms with van der Waals surface area (Å²) in [5.74, 6) is -0.261. The second-order valence-corrected chi connectivity index (χ2v) is 4.38. The normalized spacial score (nSPS) is 15.6. The van der Waals surface area contributed by atoms with Gasteiger partial charge in [0.15, 0.2) is 0 Å². The van der Waals surface area contributed by atoms with Gasteiger partial charge in [0, 0.05) is 6.04 Å². The number of benzene rings is 1. The van der Waals surface area contributed by atoms with Crippen molar-refractivity contribution in [3.05, 3.63) is 29.8 Å². The second kappa shape index (κ2) is 5.58. The highest BCUT2D eigenvalue weighted by Gasteiger charge is 2.31. The van der Waals surface area contributed by atoms with Crippen molar-refractivity contribution in [2.75, 3.05) is 0 Å². The highest BCUT2D eigenvalue weighted by Crippen LogP contribution is 2.26. The van der Waals surface area contributed by atoms with E-state index in [4.69, 9.17) is 5.73 Å². The molecule has 0 saturated heterocycles. The summed E-state index contributed by atoms with van der Waals surface area (Å²) < 4.78 is 39.6. The van der Waals surface area contributed by atoms with Crippen LogP contribution in [0.3, 0.4) is 0 Å². The fourth-order valence-corrected chi connectivity index (χ4v) is 1.45. The molecule has 0 saturated carbocycles. The molecule has 0 heterocycles. The molecule has 0 aromatic heterocycles. The zero-order chi connectivity index (χ0) is 13.9. The summed E-state index contributed by atoms with van der Waals surface area (Å²) >= 11 is 0. The fourth-order valence-electron chi connectivity index (χ4n) is 1.45. The minimum atomic E-state index is -4.71. The first-order valence-electron chi connectivity index (χ1n) is 5.50. The molecule has 0 aliphatic rings. The smallest absolute Gasteiger partial charge is 0.406 e. The van der Waals surface area contributed by atoms with Crippen molar-refractivity contribution >= 4 is 0 Å². The van der Waals surface area contributed by atoms with Crippen LogP contribution in [0.4, 0.5) is 13.2 Å².